The molecule has 0 saturated heterocycles. The zero-order valence-corrected chi connectivity index (χ0v) is 11.9. The van der Waals surface area contributed by atoms with Gasteiger partial charge in [-0.25, -0.2) is 0 Å². The lowest BCUT2D eigenvalue weighted by molar-refractivity contribution is -0.384. The van der Waals surface area contributed by atoms with Crippen molar-refractivity contribution in [2.75, 3.05) is 19.7 Å². The number of rotatable bonds is 7. The lowest BCUT2D eigenvalue weighted by Gasteiger charge is -2.11. The van der Waals surface area contributed by atoms with E-state index >= 15 is 0 Å². The Morgan fingerprint density at radius 1 is 1.47 bits per heavy atom. The van der Waals surface area contributed by atoms with Gasteiger partial charge in [-0.2, -0.15) is 0 Å². The highest BCUT2D eigenvalue weighted by Gasteiger charge is 2.15. The predicted molar refractivity (Wildman–Crippen MR) is 76.3 cm³/mol. The van der Waals surface area contributed by atoms with Crippen molar-refractivity contribution in [1.29, 1.82) is 0 Å². The summed E-state index contributed by atoms with van der Waals surface area (Å²) < 4.78 is 5.44. The van der Waals surface area contributed by atoms with E-state index in [-0.39, 0.29) is 28.1 Å². The molecule has 1 aromatic rings. The van der Waals surface area contributed by atoms with Gasteiger partial charge < -0.3 is 10.1 Å². The fourth-order valence-corrected chi connectivity index (χ4v) is 1.90. The molecule has 0 aliphatic carbocycles. The molecule has 0 atom stereocenters. The second-order valence-electron chi connectivity index (χ2n) is 3.81. The number of nitro benzene ring substituents is 1. The zero-order valence-electron chi connectivity index (χ0n) is 10.4. The summed E-state index contributed by atoms with van der Waals surface area (Å²) in [5, 5.41) is 13.9. The summed E-state index contributed by atoms with van der Waals surface area (Å²) in [4.78, 5) is 10.1. The van der Waals surface area contributed by atoms with Gasteiger partial charge in [-0.1, -0.05) is 36.7 Å². The number of hydrogen-bond acceptors (Lipinski definition) is 4. The molecule has 0 unspecified atom stereocenters. The van der Waals surface area contributed by atoms with Crippen LogP contribution in [0.5, 0.6) is 5.75 Å². The molecule has 0 spiro atoms. The van der Waals surface area contributed by atoms with Crippen LogP contribution in [0, 0.1) is 10.1 Å². The van der Waals surface area contributed by atoms with Crippen molar-refractivity contribution in [3.8, 4) is 5.75 Å². The monoisotopic (exact) mass is 304 g/mol. The van der Waals surface area contributed by atoms with Crippen LogP contribution in [0.15, 0.2) is 24.3 Å². The van der Waals surface area contributed by atoms with Gasteiger partial charge in [-0.05, 0) is 12.1 Å². The summed E-state index contributed by atoms with van der Waals surface area (Å²) in [5.41, 5.74) is 0.654. The van der Waals surface area contributed by atoms with E-state index in [2.05, 4.69) is 11.9 Å². The van der Waals surface area contributed by atoms with E-state index in [1.165, 1.54) is 12.1 Å². The highest BCUT2D eigenvalue weighted by atomic mass is 35.5. The van der Waals surface area contributed by atoms with Crippen LogP contribution in [0.4, 0.5) is 5.69 Å². The van der Waals surface area contributed by atoms with Crippen LogP contribution >= 0.6 is 23.2 Å². The van der Waals surface area contributed by atoms with Crippen molar-refractivity contribution in [1.82, 2.24) is 5.32 Å². The Morgan fingerprint density at radius 2 is 2.05 bits per heavy atom. The molecule has 1 rings (SSSR count). The van der Waals surface area contributed by atoms with E-state index in [1.54, 1.807) is 0 Å². The molecule has 1 N–H and O–H groups in total. The Balaban J connectivity index is 2.74. The van der Waals surface area contributed by atoms with Crippen LogP contribution in [-0.4, -0.2) is 24.6 Å². The van der Waals surface area contributed by atoms with Crippen LogP contribution in [0.2, 0.25) is 10.0 Å². The number of halogens is 2. The number of non-ortho nitro benzene ring substituents is 1. The van der Waals surface area contributed by atoms with Crippen LogP contribution in [0.1, 0.15) is 6.92 Å². The molecule has 0 fully saturated rings. The molecular formula is C12H14Cl2N2O3. The Labute approximate surface area is 121 Å². The van der Waals surface area contributed by atoms with Gasteiger partial charge in [-0.15, -0.1) is 0 Å². The van der Waals surface area contributed by atoms with E-state index in [9.17, 15) is 10.1 Å². The number of nitro groups is 1. The third-order valence-electron chi connectivity index (χ3n) is 2.24. The normalized spacial score (nSPS) is 10.3. The minimum atomic E-state index is -0.564. The fourth-order valence-electron chi connectivity index (χ4n) is 1.32. The molecule has 0 heterocycles. The maximum atomic E-state index is 10.6. The van der Waals surface area contributed by atoms with Crippen molar-refractivity contribution >= 4 is 28.9 Å². The van der Waals surface area contributed by atoms with Crippen molar-refractivity contribution in [2.45, 2.75) is 6.92 Å². The molecule has 5 nitrogen and oxygen atoms in total. The minimum absolute atomic E-state index is 0.107. The zero-order chi connectivity index (χ0) is 14.4. The van der Waals surface area contributed by atoms with Gasteiger partial charge in [0.15, 0.2) is 5.75 Å². The maximum Gasteiger partial charge on any atom is 0.272 e. The largest absolute Gasteiger partial charge is 0.486 e. The second kappa shape index (κ2) is 7.33. The van der Waals surface area contributed by atoms with E-state index < -0.39 is 4.92 Å². The Bertz CT molecular complexity index is 469. The van der Waals surface area contributed by atoms with Gasteiger partial charge in [-0.3, -0.25) is 10.1 Å². The summed E-state index contributed by atoms with van der Waals surface area (Å²) >= 11 is 11.8. The van der Waals surface area contributed by atoms with Gasteiger partial charge in [0.05, 0.1) is 15.0 Å². The lowest BCUT2D eigenvalue weighted by atomic mass is 10.3. The summed E-state index contributed by atoms with van der Waals surface area (Å²) in [7, 11) is 0. The van der Waals surface area contributed by atoms with E-state index in [1.807, 2.05) is 6.92 Å². The van der Waals surface area contributed by atoms with Crippen LogP contribution in [-0.2, 0) is 0 Å². The first-order valence-electron chi connectivity index (χ1n) is 5.59. The number of hydrogen-bond donors (Lipinski definition) is 1. The average molecular weight is 305 g/mol. The quantitative estimate of drug-likeness (QED) is 0.476. The molecule has 0 saturated carbocycles. The van der Waals surface area contributed by atoms with Crippen molar-refractivity contribution in [2.24, 2.45) is 0 Å². The van der Waals surface area contributed by atoms with Gasteiger partial charge in [0.2, 0.25) is 0 Å². The molecule has 7 heteroatoms. The summed E-state index contributed by atoms with van der Waals surface area (Å²) in [6.45, 7) is 7.51. The molecule has 0 amide bonds. The number of nitrogens with one attached hydrogen (secondary N) is 1. The van der Waals surface area contributed by atoms with Crippen LogP contribution < -0.4 is 10.1 Å². The van der Waals surface area contributed by atoms with Crippen LogP contribution in [0.25, 0.3) is 0 Å². The number of likely N-dealkylation sites (N-methyl/N-ethyl adjacent to an activating group) is 1. The molecule has 104 valence electrons. The van der Waals surface area contributed by atoms with Crippen LogP contribution in [0.3, 0.4) is 0 Å². The molecule has 0 radical (unpaired) electrons. The Kier molecular flexibility index (Phi) is 6.08. The van der Waals surface area contributed by atoms with E-state index in [0.717, 1.165) is 12.1 Å². The molecule has 19 heavy (non-hydrogen) atoms. The SMILES string of the molecule is C=C(CNCC)COc1c(Cl)cc([N+](=O)[O-])cc1Cl. The smallest absolute Gasteiger partial charge is 0.272 e. The van der Waals surface area contributed by atoms with Crippen molar-refractivity contribution < 1.29 is 9.66 Å². The third kappa shape index (κ3) is 4.70. The third-order valence-corrected chi connectivity index (χ3v) is 2.80. The van der Waals surface area contributed by atoms with Gasteiger partial charge in [0.1, 0.15) is 6.61 Å². The molecule has 0 aliphatic heterocycles. The number of nitrogens with zero attached hydrogens (tertiary/aromatic N) is 1. The van der Waals surface area contributed by atoms with Gasteiger partial charge in [0.25, 0.3) is 5.69 Å². The number of benzene rings is 1. The Morgan fingerprint density at radius 3 is 2.53 bits per heavy atom. The van der Waals surface area contributed by atoms with Crippen molar-refractivity contribution in [3.05, 3.63) is 44.4 Å². The standard InChI is InChI=1S/C12H14Cl2N2O3/c1-3-15-6-8(2)7-19-12-10(13)4-9(16(17)18)5-11(12)14/h4-5,15H,2-3,6-7H2,1H3. The number of ether oxygens (including phenoxy) is 1. The fraction of sp³-hybridized carbons (Fsp3) is 0.333. The maximum absolute atomic E-state index is 10.6. The lowest BCUT2D eigenvalue weighted by Crippen LogP contribution is -2.18. The molecular weight excluding hydrogens is 291 g/mol. The van der Waals surface area contributed by atoms with Gasteiger partial charge >= 0.3 is 0 Å². The van der Waals surface area contributed by atoms with Gasteiger partial charge in [0, 0.05) is 18.7 Å². The summed E-state index contributed by atoms with van der Waals surface area (Å²) in [6.07, 6.45) is 0. The highest BCUT2D eigenvalue weighted by Crippen LogP contribution is 2.36. The molecule has 0 aliphatic rings. The second-order valence-corrected chi connectivity index (χ2v) is 4.63. The first kappa shape index (κ1) is 15.8. The molecule has 0 bridgehead atoms. The molecule has 1 aromatic carbocycles. The van der Waals surface area contributed by atoms with E-state index in [0.29, 0.717) is 6.54 Å². The first-order valence-corrected chi connectivity index (χ1v) is 6.35. The summed E-state index contributed by atoms with van der Waals surface area (Å²) in [5.74, 6) is 0.228. The Hall–Kier alpha value is -1.30. The minimum Gasteiger partial charge on any atom is -0.486 e. The first-order chi connectivity index (χ1) is 8.95. The summed E-state index contributed by atoms with van der Waals surface area (Å²) in [6, 6.07) is 2.41. The average Bonchev–Trinajstić information content (AvgIpc) is 2.34. The highest BCUT2D eigenvalue weighted by molar-refractivity contribution is 6.37. The van der Waals surface area contributed by atoms with Crippen molar-refractivity contribution in [3.63, 3.8) is 0 Å². The van der Waals surface area contributed by atoms with E-state index in [4.69, 9.17) is 27.9 Å². The topological polar surface area (TPSA) is 64.4 Å². The predicted octanol–water partition coefficient (Wildman–Crippen LogP) is 3.45. The molecule has 0 aromatic heterocycles.